The van der Waals surface area contributed by atoms with Gasteiger partial charge in [-0.05, 0) is 91.7 Å². The Hall–Kier alpha value is -4.72. The molecule has 3 aromatic carbocycles. The molecule has 0 unspecified atom stereocenters. The lowest BCUT2D eigenvalue weighted by Crippen LogP contribution is -2.53. The summed E-state index contributed by atoms with van der Waals surface area (Å²) in [4.78, 5) is 30.2. The van der Waals surface area contributed by atoms with Crippen molar-refractivity contribution in [1.82, 2.24) is 4.90 Å². The molecule has 4 aromatic rings. The third-order valence-corrected chi connectivity index (χ3v) is 10.4. The molecule has 3 aliphatic rings. The van der Waals surface area contributed by atoms with E-state index in [1.54, 1.807) is 12.1 Å². The predicted molar refractivity (Wildman–Crippen MR) is 194 cm³/mol. The van der Waals surface area contributed by atoms with Crippen LogP contribution in [0.25, 0.3) is 0 Å². The van der Waals surface area contributed by atoms with Gasteiger partial charge >= 0.3 is 18.7 Å². The molecule has 10 nitrogen and oxygen atoms in total. The van der Waals surface area contributed by atoms with Gasteiger partial charge in [0.25, 0.3) is 0 Å². The molecule has 0 spiro atoms. The molecule has 3 aliphatic heterocycles. The SMILES string of the molecule is CCCOc1cc([C@H](Cc2c(Cl)c[n+](O)cc2Cl)c2cc(CN(C(=O)O[C@H]3CN4CCC3CC4)c3ccccc3F)ccc2C(=O)O)ccc1OC(F)F. The maximum Gasteiger partial charge on any atom is 0.415 e. The van der Waals surface area contributed by atoms with Crippen LogP contribution in [-0.2, 0) is 17.7 Å². The fourth-order valence-corrected chi connectivity index (χ4v) is 7.74. The number of rotatable bonds is 14. The first-order valence-electron chi connectivity index (χ1n) is 17.5. The summed E-state index contributed by atoms with van der Waals surface area (Å²) < 4.78 is 59.3. The van der Waals surface area contributed by atoms with E-state index in [0.717, 1.165) is 25.9 Å². The Bertz CT molecular complexity index is 1970. The normalized spacial score (nSPS) is 18.3. The maximum absolute atomic E-state index is 15.4. The first-order chi connectivity index (χ1) is 25.9. The van der Waals surface area contributed by atoms with Crippen LogP contribution < -0.4 is 19.1 Å². The van der Waals surface area contributed by atoms with Gasteiger partial charge in [-0.3, -0.25) is 15.0 Å². The number of carboxylic acid groups (broad SMARTS) is 1. The van der Waals surface area contributed by atoms with Gasteiger partial charge < -0.3 is 19.3 Å². The monoisotopic (exact) mass is 788 g/mol. The number of piperidine rings is 3. The lowest BCUT2D eigenvalue weighted by molar-refractivity contribution is -0.904. The Morgan fingerprint density at radius 2 is 1.74 bits per heavy atom. The quantitative estimate of drug-likeness (QED) is 0.0969. The van der Waals surface area contributed by atoms with E-state index in [1.807, 2.05) is 6.92 Å². The number of aromatic carboxylic acids is 1. The van der Waals surface area contributed by atoms with Crippen LogP contribution in [0.4, 0.5) is 23.7 Å². The van der Waals surface area contributed by atoms with E-state index in [-0.39, 0.29) is 70.0 Å². The zero-order valence-corrected chi connectivity index (χ0v) is 30.8. The third kappa shape index (κ3) is 8.97. The molecule has 0 saturated carbocycles. The number of carbonyl (C=O) groups excluding carboxylic acids is 1. The summed E-state index contributed by atoms with van der Waals surface area (Å²) in [6, 6.07) is 14.6. The first-order valence-corrected chi connectivity index (χ1v) is 18.3. The minimum Gasteiger partial charge on any atom is -0.490 e. The molecule has 4 heterocycles. The predicted octanol–water partition coefficient (Wildman–Crippen LogP) is 8.36. The molecule has 3 saturated heterocycles. The maximum atomic E-state index is 15.4. The van der Waals surface area contributed by atoms with E-state index in [1.165, 1.54) is 65.8 Å². The van der Waals surface area contributed by atoms with Gasteiger partial charge in [0, 0.05) is 22.8 Å². The highest BCUT2D eigenvalue weighted by atomic mass is 35.5. The van der Waals surface area contributed by atoms with Crippen LogP contribution >= 0.6 is 23.2 Å². The number of carbonyl (C=O) groups is 2. The van der Waals surface area contributed by atoms with Crippen molar-refractivity contribution >= 4 is 41.0 Å². The molecule has 0 aliphatic carbocycles. The van der Waals surface area contributed by atoms with Crippen molar-refractivity contribution in [2.45, 2.75) is 57.8 Å². The Labute approximate surface area is 320 Å². The largest absolute Gasteiger partial charge is 0.490 e. The molecular formula is C39H39Cl2F3N3O7+. The van der Waals surface area contributed by atoms with Gasteiger partial charge in [-0.1, -0.05) is 60.5 Å². The Morgan fingerprint density at radius 3 is 2.37 bits per heavy atom. The van der Waals surface area contributed by atoms with Gasteiger partial charge in [0.2, 0.25) is 12.4 Å². The average molecular weight is 790 g/mol. The van der Waals surface area contributed by atoms with Gasteiger partial charge in [-0.15, -0.1) is 0 Å². The summed E-state index contributed by atoms with van der Waals surface area (Å²) in [5.41, 5.74) is 1.34. The molecule has 15 heteroatoms. The van der Waals surface area contributed by atoms with Gasteiger partial charge in [0.15, 0.2) is 11.5 Å². The van der Waals surface area contributed by atoms with E-state index in [2.05, 4.69) is 4.90 Å². The van der Waals surface area contributed by atoms with Gasteiger partial charge in [0.05, 0.1) is 24.4 Å². The minimum absolute atomic E-state index is 0.00681. The summed E-state index contributed by atoms with van der Waals surface area (Å²) in [6.07, 6.45) is 3.66. The summed E-state index contributed by atoms with van der Waals surface area (Å²) in [7, 11) is 0. The molecule has 7 rings (SSSR count). The van der Waals surface area contributed by atoms with Gasteiger partial charge in [-0.25, -0.2) is 14.0 Å². The van der Waals surface area contributed by atoms with Crippen LogP contribution in [0.15, 0.2) is 73.1 Å². The number of anilines is 1. The zero-order chi connectivity index (χ0) is 38.5. The molecule has 54 heavy (non-hydrogen) atoms. The van der Waals surface area contributed by atoms with Crippen molar-refractivity contribution in [1.29, 1.82) is 0 Å². The smallest absolute Gasteiger partial charge is 0.415 e. The topological polar surface area (TPSA) is 113 Å². The van der Waals surface area contributed by atoms with Crippen molar-refractivity contribution in [3.63, 3.8) is 0 Å². The number of alkyl halides is 2. The second-order valence-corrected chi connectivity index (χ2v) is 14.1. The van der Waals surface area contributed by atoms with E-state index >= 15 is 4.39 Å². The number of nitrogens with zero attached hydrogens (tertiary/aromatic N) is 3. The molecule has 0 radical (unpaired) electrons. The number of ether oxygens (including phenoxy) is 3. The van der Waals surface area contributed by atoms with Crippen LogP contribution in [0.3, 0.4) is 0 Å². The fourth-order valence-electron chi connectivity index (χ4n) is 7.14. The first kappa shape index (κ1) is 39.0. The molecule has 1 aromatic heterocycles. The van der Waals surface area contributed by atoms with Crippen LogP contribution in [0.5, 0.6) is 11.5 Å². The third-order valence-electron chi connectivity index (χ3n) is 9.80. The molecule has 2 bridgehead atoms. The second kappa shape index (κ2) is 17.2. The van der Waals surface area contributed by atoms with E-state index in [4.69, 9.17) is 37.4 Å². The number of benzene rings is 3. The highest BCUT2D eigenvalue weighted by Gasteiger charge is 2.38. The van der Waals surface area contributed by atoms with Crippen molar-refractivity contribution in [3.8, 4) is 11.5 Å². The van der Waals surface area contributed by atoms with Crippen LogP contribution in [0.1, 0.15) is 64.7 Å². The minimum atomic E-state index is -3.13. The summed E-state index contributed by atoms with van der Waals surface area (Å²) in [5, 5.41) is 20.6. The number of hydrogen-bond acceptors (Lipinski definition) is 7. The number of pyridine rings is 1. The van der Waals surface area contributed by atoms with Crippen LogP contribution in [0.2, 0.25) is 10.0 Å². The number of para-hydroxylation sites is 1. The number of halogens is 5. The molecule has 2 atom stereocenters. The lowest BCUT2D eigenvalue weighted by Gasteiger charge is -2.44. The van der Waals surface area contributed by atoms with Crippen molar-refractivity contribution in [3.05, 3.63) is 117 Å². The number of aromatic nitrogens is 1. The number of fused-ring (bicyclic) bond motifs is 3. The number of amides is 1. The fraction of sp³-hybridized carbons (Fsp3) is 0.359. The van der Waals surface area contributed by atoms with Gasteiger partial charge in [-0.2, -0.15) is 8.78 Å². The van der Waals surface area contributed by atoms with Gasteiger partial charge in [0.1, 0.15) is 22.0 Å². The standard InChI is InChI=1S/C39H38Cl2F3N3O7/c1-2-15-52-35-17-25(8-10-34(35)53-38(43)44)27(18-29-30(40)20-46(51)21-31(29)41)28-16-23(7-9-26(28)37(48)49)19-47(33-6-4-3-5-32(33)42)39(50)54-36-22-45-13-11-24(36)12-14-45/h3-10,16-17,20-21,24,27,36,38H,2,11-15,18-19,22H2,1H3,(H-,48,49,51)/p+1/t27-,36-/m0/s1. The molecular weight excluding hydrogens is 750 g/mol. The van der Waals surface area contributed by atoms with Crippen LogP contribution in [-0.4, -0.2) is 66.2 Å². The summed E-state index contributed by atoms with van der Waals surface area (Å²) in [6.45, 7) is 1.16. The van der Waals surface area contributed by atoms with E-state index < -0.39 is 30.4 Å². The molecule has 2 N–H and O–H groups in total. The molecule has 286 valence electrons. The van der Waals surface area contributed by atoms with Crippen molar-refractivity contribution in [2.24, 2.45) is 5.92 Å². The average Bonchev–Trinajstić information content (AvgIpc) is 3.14. The summed E-state index contributed by atoms with van der Waals surface area (Å²) in [5.74, 6) is -2.80. The zero-order valence-electron chi connectivity index (χ0n) is 29.3. The number of carboxylic acids is 1. The van der Waals surface area contributed by atoms with E-state index in [0.29, 0.717) is 34.4 Å². The Balaban J connectivity index is 1.44. The highest BCUT2D eigenvalue weighted by Crippen LogP contribution is 2.40. The highest BCUT2D eigenvalue weighted by molar-refractivity contribution is 6.35. The van der Waals surface area contributed by atoms with E-state index in [9.17, 15) is 28.7 Å². The van der Waals surface area contributed by atoms with Crippen LogP contribution in [0, 0.1) is 11.7 Å². The summed E-state index contributed by atoms with van der Waals surface area (Å²) >= 11 is 13.1. The molecule has 3 fully saturated rings. The Kier molecular flexibility index (Phi) is 12.4. The molecule has 1 amide bonds. The van der Waals surface area contributed by atoms with Crippen molar-refractivity contribution in [2.75, 3.05) is 31.1 Å². The second-order valence-electron chi connectivity index (χ2n) is 13.3. The number of hydrogen-bond donors (Lipinski definition) is 2. The lowest BCUT2D eigenvalue weighted by atomic mass is 9.82. The Morgan fingerprint density at radius 1 is 1.02 bits per heavy atom. The van der Waals surface area contributed by atoms with Crippen molar-refractivity contribution < 1.29 is 52.0 Å².